The zero-order valence-electron chi connectivity index (χ0n) is 18.2. The molecule has 0 bridgehead atoms. The van der Waals surface area contributed by atoms with Crippen molar-refractivity contribution in [1.82, 2.24) is 0 Å². The smallest absolute Gasteiger partial charge is 0.257 e. The Bertz CT molecular complexity index is 1390. The maximum atomic E-state index is 14.2. The highest BCUT2D eigenvalue weighted by Gasteiger charge is 2.67. The first-order valence-corrected chi connectivity index (χ1v) is 12.2. The summed E-state index contributed by atoms with van der Waals surface area (Å²) in [7, 11) is 0. The van der Waals surface area contributed by atoms with E-state index in [0.717, 1.165) is 12.1 Å². The molecule has 1 saturated carbocycles. The normalized spacial score (nSPS) is 18.0. The molecule has 188 valence electrons. The first kappa shape index (κ1) is 26.8. The van der Waals surface area contributed by atoms with Crippen molar-refractivity contribution in [3.8, 4) is 0 Å². The molecule has 1 aliphatic carbocycles. The standard InChI is InChI=1S/C24H16Cl5F2N3O2/c1-9-6-10(7-14(26)19(9)27)17-18(24(17,28)29)23(36)33-11-2-3-13(25)12(8-11)22(35)34-16-5-4-15(30)21(32)20(16)31/h2-8,17-18H,32H2,1H3,(H,33,36)(H,34,35). The third kappa shape index (κ3) is 4.95. The van der Waals surface area contributed by atoms with Crippen LogP contribution < -0.4 is 16.4 Å². The van der Waals surface area contributed by atoms with E-state index in [9.17, 15) is 18.4 Å². The van der Waals surface area contributed by atoms with E-state index in [4.69, 9.17) is 63.7 Å². The lowest BCUT2D eigenvalue weighted by molar-refractivity contribution is -0.117. The monoisotopic (exact) mass is 591 g/mol. The minimum Gasteiger partial charge on any atom is -0.394 e. The van der Waals surface area contributed by atoms with Gasteiger partial charge in [-0.15, -0.1) is 23.2 Å². The van der Waals surface area contributed by atoms with Crippen molar-refractivity contribution in [2.45, 2.75) is 17.2 Å². The second-order valence-corrected chi connectivity index (χ2v) is 10.9. The van der Waals surface area contributed by atoms with Gasteiger partial charge < -0.3 is 16.4 Å². The summed E-state index contributed by atoms with van der Waals surface area (Å²) in [6, 6.07) is 9.46. The van der Waals surface area contributed by atoms with Gasteiger partial charge in [-0.2, -0.15) is 0 Å². The van der Waals surface area contributed by atoms with Crippen LogP contribution in [0.5, 0.6) is 0 Å². The van der Waals surface area contributed by atoms with E-state index in [0.29, 0.717) is 21.2 Å². The molecule has 1 fully saturated rings. The summed E-state index contributed by atoms with van der Waals surface area (Å²) >= 11 is 31.3. The number of nitrogens with two attached hydrogens (primary N) is 1. The molecule has 3 aromatic rings. The van der Waals surface area contributed by atoms with Crippen LogP contribution in [-0.2, 0) is 4.79 Å². The van der Waals surface area contributed by atoms with Gasteiger partial charge >= 0.3 is 0 Å². The molecule has 1 aliphatic rings. The zero-order valence-corrected chi connectivity index (χ0v) is 22.0. The molecule has 3 aromatic carbocycles. The van der Waals surface area contributed by atoms with Crippen molar-refractivity contribution in [2.75, 3.05) is 16.4 Å². The van der Waals surface area contributed by atoms with Gasteiger partial charge in [0.05, 0.1) is 32.2 Å². The van der Waals surface area contributed by atoms with Crippen LogP contribution in [0.4, 0.5) is 25.8 Å². The van der Waals surface area contributed by atoms with E-state index in [1.165, 1.54) is 18.2 Å². The molecule has 2 amide bonds. The summed E-state index contributed by atoms with van der Waals surface area (Å²) in [5.74, 6) is -4.75. The van der Waals surface area contributed by atoms with Crippen molar-refractivity contribution in [3.63, 3.8) is 0 Å². The fourth-order valence-corrected chi connectivity index (χ4v) is 5.27. The average molecular weight is 594 g/mol. The molecule has 0 radical (unpaired) electrons. The lowest BCUT2D eigenvalue weighted by Crippen LogP contribution is -2.18. The Balaban J connectivity index is 1.53. The van der Waals surface area contributed by atoms with Crippen LogP contribution in [0.2, 0.25) is 15.1 Å². The largest absolute Gasteiger partial charge is 0.394 e. The molecule has 0 aromatic heterocycles. The number of nitrogen functional groups attached to an aromatic ring is 1. The minimum atomic E-state index is -1.39. The molecular weight excluding hydrogens is 578 g/mol. The van der Waals surface area contributed by atoms with Crippen LogP contribution >= 0.6 is 58.0 Å². The van der Waals surface area contributed by atoms with Crippen LogP contribution in [-0.4, -0.2) is 16.1 Å². The zero-order chi connectivity index (χ0) is 26.5. The number of benzene rings is 3. The van der Waals surface area contributed by atoms with Crippen LogP contribution in [0, 0.1) is 24.5 Å². The molecule has 2 unspecified atom stereocenters. The lowest BCUT2D eigenvalue weighted by Gasteiger charge is -2.11. The molecule has 4 rings (SSSR count). The van der Waals surface area contributed by atoms with E-state index in [1.807, 2.05) is 0 Å². The Morgan fingerprint density at radius 1 is 0.972 bits per heavy atom. The van der Waals surface area contributed by atoms with Gasteiger partial charge in [0.15, 0.2) is 5.82 Å². The summed E-state index contributed by atoms with van der Waals surface area (Å²) in [6.07, 6.45) is 0. The maximum Gasteiger partial charge on any atom is 0.257 e. The quantitative estimate of drug-likeness (QED) is 0.211. The fourth-order valence-electron chi connectivity index (χ4n) is 3.85. The highest BCUT2D eigenvalue weighted by atomic mass is 35.5. The predicted octanol–water partition coefficient (Wildman–Crippen LogP) is 7.59. The molecule has 2 atom stereocenters. The molecule has 0 aliphatic heterocycles. The first-order chi connectivity index (χ1) is 16.8. The van der Waals surface area contributed by atoms with Crippen molar-refractivity contribution < 1.29 is 18.4 Å². The Morgan fingerprint density at radius 3 is 2.33 bits per heavy atom. The molecule has 0 saturated heterocycles. The highest BCUT2D eigenvalue weighted by molar-refractivity contribution is 6.53. The molecular formula is C24H16Cl5F2N3O2. The average Bonchev–Trinajstić information content (AvgIpc) is 3.40. The van der Waals surface area contributed by atoms with E-state index in [2.05, 4.69) is 10.6 Å². The molecule has 0 spiro atoms. The third-order valence-electron chi connectivity index (χ3n) is 5.78. The number of carbonyl (C=O) groups excluding carboxylic acids is 2. The van der Waals surface area contributed by atoms with Crippen molar-refractivity contribution >= 4 is 86.9 Å². The van der Waals surface area contributed by atoms with Crippen molar-refractivity contribution in [3.05, 3.63) is 85.9 Å². The van der Waals surface area contributed by atoms with Crippen molar-refractivity contribution in [2.24, 2.45) is 5.92 Å². The van der Waals surface area contributed by atoms with Gasteiger partial charge in [-0.05, 0) is 54.4 Å². The van der Waals surface area contributed by atoms with Crippen LogP contribution in [0.3, 0.4) is 0 Å². The van der Waals surface area contributed by atoms with Gasteiger partial charge in [0, 0.05) is 11.6 Å². The summed E-state index contributed by atoms with van der Waals surface area (Å²) in [5, 5.41) is 5.69. The number of rotatable bonds is 5. The molecule has 0 heterocycles. The van der Waals surface area contributed by atoms with Crippen molar-refractivity contribution in [1.29, 1.82) is 0 Å². The van der Waals surface area contributed by atoms with Gasteiger partial charge in [-0.3, -0.25) is 9.59 Å². The third-order valence-corrected chi connectivity index (χ3v) is 7.95. The Kier molecular flexibility index (Phi) is 7.34. The first-order valence-electron chi connectivity index (χ1n) is 10.3. The summed E-state index contributed by atoms with van der Waals surface area (Å²) in [4.78, 5) is 25.7. The Labute approximate surface area is 229 Å². The van der Waals surface area contributed by atoms with E-state index in [1.54, 1.807) is 19.1 Å². The van der Waals surface area contributed by atoms with Gasteiger partial charge in [-0.25, -0.2) is 8.78 Å². The Morgan fingerprint density at radius 2 is 1.67 bits per heavy atom. The number of amides is 2. The second-order valence-electron chi connectivity index (χ2n) is 8.22. The predicted molar refractivity (Wildman–Crippen MR) is 141 cm³/mol. The van der Waals surface area contributed by atoms with E-state index in [-0.39, 0.29) is 22.0 Å². The van der Waals surface area contributed by atoms with Crippen LogP contribution in [0.25, 0.3) is 0 Å². The topological polar surface area (TPSA) is 84.2 Å². The van der Waals surface area contributed by atoms with Crippen LogP contribution in [0.1, 0.15) is 27.4 Å². The lowest BCUT2D eigenvalue weighted by atomic mass is 10.1. The van der Waals surface area contributed by atoms with Gasteiger partial charge in [0.2, 0.25) is 5.91 Å². The summed E-state index contributed by atoms with van der Waals surface area (Å²) in [5.41, 5.74) is 5.76. The van der Waals surface area contributed by atoms with E-state index < -0.39 is 45.3 Å². The van der Waals surface area contributed by atoms with Gasteiger partial charge in [-0.1, -0.05) is 40.9 Å². The van der Waals surface area contributed by atoms with Gasteiger partial charge in [0.1, 0.15) is 15.8 Å². The number of aryl methyl sites for hydroxylation is 1. The fraction of sp³-hybridized carbons (Fsp3) is 0.167. The Hall–Kier alpha value is -2.29. The summed E-state index contributed by atoms with van der Waals surface area (Å²) < 4.78 is 26.2. The number of carbonyl (C=O) groups is 2. The number of alkyl halides is 2. The number of hydrogen-bond acceptors (Lipinski definition) is 3. The molecule has 12 heteroatoms. The second kappa shape index (κ2) is 9.88. The molecule has 4 N–H and O–H groups in total. The maximum absolute atomic E-state index is 14.2. The van der Waals surface area contributed by atoms with Crippen LogP contribution in [0.15, 0.2) is 42.5 Å². The number of hydrogen-bond donors (Lipinski definition) is 3. The summed E-state index contributed by atoms with van der Waals surface area (Å²) in [6.45, 7) is 1.77. The SMILES string of the molecule is Cc1cc(C2C(C(=O)Nc3ccc(Cl)c(C(=O)Nc4ccc(F)c(N)c4F)c3)C2(Cl)Cl)cc(Cl)c1Cl. The molecule has 5 nitrogen and oxygen atoms in total. The molecule has 36 heavy (non-hydrogen) atoms. The number of anilines is 3. The van der Waals surface area contributed by atoms with E-state index >= 15 is 0 Å². The minimum absolute atomic E-state index is 0.0283. The number of halogens is 7. The van der Waals surface area contributed by atoms with Gasteiger partial charge in [0.25, 0.3) is 5.91 Å². The highest BCUT2D eigenvalue weighted by Crippen LogP contribution is 2.65. The number of nitrogens with one attached hydrogen (secondary N) is 2.